The van der Waals surface area contributed by atoms with Gasteiger partial charge in [0.05, 0.1) is 50.1 Å². The lowest BCUT2D eigenvalue weighted by Crippen LogP contribution is -2.45. The second-order valence-corrected chi connectivity index (χ2v) is 7.64. The lowest BCUT2D eigenvalue weighted by atomic mass is 10.0. The van der Waals surface area contributed by atoms with Crippen LogP contribution in [0.1, 0.15) is 0 Å². The fourth-order valence-electron chi connectivity index (χ4n) is 3.57. The smallest absolute Gasteiger partial charge is 0.243 e. The zero-order valence-corrected chi connectivity index (χ0v) is 18.5. The van der Waals surface area contributed by atoms with Gasteiger partial charge in [-0.15, -0.1) is 0 Å². The molecular weight excluding hydrogens is 432 g/mol. The summed E-state index contributed by atoms with van der Waals surface area (Å²) < 4.78 is 16.2. The summed E-state index contributed by atoms with van der Waals surface area (Å²) >= 11 is 6.53. The molecule has 1 aliphatic rings. The average Bonchev–Trinajstić information content (AvgIpc) is 3.25. The summed E-state index contributed by atoms with van der Waals surface area (Å²) in [5.74, 6) is 1.40. The van der Waals surface area contributed by atoms with Gasteiger partial charge >= 0.3 is 0 Å². The van der Waals surface area contributed by atoms with Gasteiger partial charge in [-0.25, -0.2) is 9.97 Å². The van der Waals surface area contributed by atoms with E-state index in [1.165, 1.54) is 6.08 Å². The summed E-state index contributed by atoms with van der Waals surface area (Å²) in [7, 11) is 3.16. The molecule has 2 heterocycles. The Balaban J connectivity index is 1.59. The number of carbonyl (C=O) groups is 1. The number of aromatic nitrogens is 2. The predicted molar refractivity (Wildman–Crippen MR) is 123 cm³/mol. The Kier molecular flexibility index (Phi) is 6.43. The van der Waals surface area contributed by atoms with Crippen molar-refractivity contribution in [3.8, 4) is 22.6 Å². The van der Waals surface area contributed by atoms with Crippen LogP contribution in [-0.4, -0.2) is 55.4 Å². The Labute approximate surface area is 190 Å². The van der Waals surface area contributed by atoms with Crippen LogP contribution in [0, 0.1) is 0 Å². The first-order valence-corrected chi connectivity index (χ1v) is 10.4. The number of carbonyl (C=O) groups excluding carboxylic acids is 1. The van der Waals surface area contributed by atoms with Crippen molar-refractivity contribution in [2.75, 3.05) is 32.8 Å². The summed E-state index contributed by atoms with van der Waals surface area (Å²) in [6, 6.07) is 9.08. The van der Waals surface area contributed by atoms with Crippen LogP contribution in [0.15, 0.2) is 49.2 Å². The molecule has 1 fully saturated rings. The first kappa shape index (κ1) is 21.9. The molecule has 2 aromatic carbocycles. The number of halogens is 1. The lowest BCUT2D eigenvalue weighted by Gasteiger charge is -2.19. The first-order chi connectivity index (χ1) is 15.5. The molecule has 166 valence electrons. The molecule has 3 aromatic rings. The van der Waals surface area contributed by atoms with Crippen molar-refractivity contribution in [3.63, 3.8) is 0 Å². The van der Waals surface area contributed by atoms with Gasteiger partial charge < -0.3 is 24.8 Å². The maximum Gasteiger partial charge on any atom is 0.243 e. The number of nitrogens with zero attached hydrogens (tertiary/aromatic N) is 2. The van der Waals surface area contributed by atoms with Crippen LogP contribution >= 0.6 is 11.6 Å². The van der Waals surface area contributed by atoms with Crippen LogP contribution in [-0.2, 0) is 9.53 Å². The van der Waals surface area contributed by atoms with Crippen LogP contribution in [0.3, 0.4) is 0 Å². The number of anilines is 1. The molecule has 1 saturated heterocycles. The molecule has 0 saturated carbocycles. The number of fused-ring (bicyclic) bond motifs is 1. The third-order valence-corrected chi connectivity index (χ3v) is 5.66. The predicted octanol–water partition coefficient (Wildman–Crippen LogP) is 3.45. The molecule has 8 nitrogen and oxygen atoms in total. The van der Waals surface area contributed by atoms with E-state index in [9.17, 15) is 4.79 Å². The van der Waals surface area contributed by atoms with Crippen molar-refractivity contribution in [3.05, 3.63) is 54.2 Å². The summed E-state index contributed by atoms with van der Waals surface area (Å²) in [6.45, 7) is 4.34. The van der Waals surface area contributed by atoms with E-state index < -0.39 is 0 Å². The van der Waals surface area contributed by atoms with E-state index >= 15 is 0 Å². The number of hydrogen-bond acceptors (Lipinski definition) is 7. The Hall–Kier alpha value is -3.36. The second kappa shape index (κ2) is 9.42. The molecule has 4 rings (SSSR count). The van der Waals surface area contributed by atoms with E-state index in [1.54, 1.807) is 26.5 Å². The molecule has 1 aromatic heterocycles. The van der Waals surface area contributed by atoms with Gasteiger partial charge in [0, 0.05) is 23.2 Å². The average molecular weight is 455 g/mol. The quantitative estimate of drug-likeness (QED) is 0.528. The maximum atomic E-state index is 11.6. The monoisotopic (exact) mass is 454 g/mol. The Bertz CT molecular complexity index is 1170. The molecule has 1 aliphatic heterocycles. The van der Waals surface area contributed by atoms with Crippen molar-refractivity contribution in [1.82, 2.24) is 15.3 Å². The van der Waals surface area contributed by atoms with Gasteiger partial charge in [-0.1, -0.05) is 24.2 Å². The fourth-order valence-corrected chi connectivity index (χ4v) is 3.86. The Morgan fingerprint density at radius 2 is 2.03 bits per heavy atom. The van der Waals surface area contributed by atoms with Crippen molar-refractivity contribution in [2.45, 2.75) is 12.1 Å². The molecule has 2 unspecified atom stereocenters. The molecule has 0 radical (unpaired) electrons. The summed E-state index contributed by atoms with van der Waals surface area (Å²) in [5.41, 5.74) is 2.44. The number of amides is 1. The third-order valence-electron chi connectivity index (χ3n) is 5.27. The van der Waals surface area contributed by atoms with Gasteiger partial charge in [-0.2, -0.15) is 0 Å². The highest BCUT2D eigenvalue weighted by Gasteiger charge is 2.29. The molecule has 2 atom stereocenters. The van der Waals surface area contributed by atoms with Gasteiger partial charge in [0.2, 0.25) is 11.9 Å². The molecule has 9 heteroatoms. The molecule has 32 heavy (non-hydrogen) atoms. The molecule has 0 aliphatic carbocycles. The van der Waals surface area contributed by atoms with Crippen LogP contribution in [0.5, 0.6) is 11.5 Å². The summed E-state index contributed by atoms with van der Waals surface area (Å²) in [4.78, 5) is 20.7. The normalized spacial score (nSPS) is 17.7. The van der Waals surface area contributed by atoms with E-state index in [0.717, 1.165) is 22.0 Å². The number of nitrogens with one attached hydrogen (secondary N) is 2. The van der Waals surface area contributed by atoms with Crippen molar-refractivity contribution < 1.29 is 19.0 Å². The van der Waals surface area contributed by atoms with Gasteiger partial charge in [0.25, 0.3) is 0 Å². The van der Waals surface area contributed by atoms with E-state index in [-0.39, 0.29) is 18.0 Å². The van der Waals surface area contributed by atoms with Crippen molar-refractivity contribution >= 4 is 34.4 Å². The third kappa shape index (κ3) is 4.46. The maximum absolute atomic E-state index is 11.6. The first-order valence-electron chi connectivity index (χ1n) is 9.98. The summed E-state index contributed by atoms with van der Waals surface area (Å²) in [6.07, 6.45) is 2.98. The minimum absolute atomic E-state index is 0.140. The van der Waals surface area contributed by atoms with Gasteiger partial charge in [0.1, 0.15) is 11.5 Å². The Morgan fingerprint density at radius 3 is 2.78 bits per heavy atom. The van der Waals surface area contributed by atoms with E-state index in [0.29, 0.717) is 35.7 Å². The minimum atomic E-state index is -0.243. The molecule has 0 spiro atoms. The zero-order chi connectivity index (χ0) is 22.7. The molecule has 1 amide bonds. The van der Waals surface area contributed by atoms with Crippen LogP contribution < -0.4 is 20.1 Å². The highest BCUT2D eigenvalue weighted by atomic mass is 35.5. The number of hydrogen-bond donors (Lipinski definition) is 2. The zero-order valence-electron chi connectivity index (χ0n) is 17.7. The van der Waals surface area contributed by atoms with Crippen molar-refractivity contribution in [1.29, 1.82) is 0 Å². The number of rotatable bonds is 7. The standard InChI is InChI=1S/C23H23ClN4O4/c1-4-21(29)26-18-11-32-12-19(18)28-23-25-10-14-7-13(5-6-17(14)27-23)16-8-15(30-2)9-20(31-3)22(16)24/h4-10,18-19H,1,11-12H2,2-3H3,(H,26,29)(H,25,27,28). The van der Waals surface area contributed by atoms with Gasteiger partial charge in [0.15, 0.2) is 0 Å². The van der Waals surface area contributed by atoms with E-state index in [4.69, 9.17) is 25.8 Å². The minimum Gasteiger partial charge on any atom is -0.497 e. The molecule has 2 N–H and O–H groups in total. The van der Waals surface area contributed by atoms with Crippen molar-refractivity contribution in [2.24, 2.45) is 0 Å². The van der Waals surface area contributed by atoms with Crippen LogP contribution in [0.2, 0.25) is 5.02 Å². The topological polar surface area (TPSA) is 94.6 Å². The van der Waals surface area contributed by atoms with Gasteiger partial charge in [-0.3, -0.25) is 4.79 Å². The second-order valence-electron chi connectivity index (χ2n) is 7.27. The highest BCUT2D eigenvalue weighted by Crippen LogP contribution is 2.39. The van der Waals surface area contributed by atoms with Crippen LogP contribution in [0.25, 0.3) is 22.0 Å². The lowest BCUT2D eigenvalue weighted by molar-refractivity contribution is -0.117. The summed E-state index contributed by atoms with van der Waals surface area (Å²) in [5, 5.41) is 7.45. The molecule has 0 bridgehead atoms. The Morgan fingerprint density at radius 1 is 1.22 bits per heavy atom. The number of ether oxygens (including phenoxy) is 3. The molecular formula is C23H23ClN4O4. The number of methoxy groups -OCH3 is 2. The van der Waals surface area contributed by atoms with E-state index in [2.05, 4.69) is 27.2 Å². The van der Waals surface area contributed by atoms with Crippen LogP contribution in [0.4, 0.5) is 5.95 Å². The SMILES string of the molecule is C=CC(=O)NC1COCC1Nc1ncc2cc(-c3cc(OC)cc(OC)c3Cl)ccc2n1. The largest absolute Gasteiger partial charge is 0.497 e. The van der Waals surface area contributed by atoms with E-state index in [1.807, 2.05) is 24.3 Å². The van der Waals surface area contributed by atoms with Gasteiger partial charge in [-0.05, 0) is 29.8 Å². The number of benzene rings is 2. The fraction of sp³-hybridized carbons (Fsp3) is 0.261. The highest BCUT2D eigenvalue weighted by molar-refractivity contribution is 6.35.